The van der Waals surface area contributed by atoms with Crippen LogP contribution in [0.5, 0.6) is 11.5 Å². The van der Waals surface area contributed by atoms with Crippen LogP contribution in [0.25, 0.3) is 0 Å². The van der Waals surface area contributed by atoms with Gasteiger partial charge in [0.25, 0.3) is 0 Å². The van der Waals surface area contributed by atoms with Crippen molar-refractivity contribution < 1.29 is 9.47 Å². The van der Waals surface area contributed by atoms with Crippen molar-refractivity contribution in [3.8, 4) is 11.5 Å². The standard InChI is InChI=1S/C17H27NO2/c1-12-5-7-15(9-13(12)2)18-11-14-6-8-16(19-3)10-17(14)20-4/h6,8,10,12-13,15,18H,5,7,9,11H2,1-4H3. The fraction of sp³-hybridized carbons (Fsp3) is 0.647. The fourth-order valence-corrected chi connectivity index (χ4v) is 2.99. The molecule has 2 rings (SSSR count). The lowest BCUT2D eigenvalue weighted by atomic mass is 9.79. The van der Waals surface area contributed by atoms with E-state index in [-0.39, 0.29) is 0 Å². The second-order valence-electron chi connectivity index (χ2n) is 6.02. The third kappa shape index (κ3) is 3.66. The van der Waals surface area contributed by atoms with Crippen molar-refractivity contribution in [2.24, 2.45) is 11.8 Å². The fourth-order valence-electron chi connectivity index (χ4n) is 2.99. The molecule has 1 N–H and O–H groups in total. The number of nitrogens with one attached hydrogen (secondary N) is 1. The van der Waals surface area contributed by atoms with Crippen LogP contribution < -0.4 is 14.8 Å². The van der Waals surface area contributed by atoms with Crippen molar-refractivity contribution in [3.63, 3.8) is 0 Å². The van der Waals surface area contributed by atoms with Gasteiger partial charge in [0, 0.05) is 24.2 Å². The van der Waals surface area contributed by atoms with Crippen LogP contribution in [0.1, 0.15) is 38.7 Å². The molecule has 0 heterocycles. The third-order valence-electron chi connectivity index (χ3n) is 4.67. The number of rotatable bonds is 5. The Labute approximate surface area is 122 Å². The molecular weight excluding hydrogens is 250 g/mol. The summed E-state index contributed by atoms with van der Waals surface area (Å²) < 4.78 is 10.7. The Morgan fingerprint density at radius 3 is 2.55 bits per heavy atom. The summed E-state index contributed by atoms with van der Waals surface area (Å²) in [6.45, 7) is 5.60. The number of methoxy groups -OCH3 is 2. The second kappa shape index (κ2) is 6.98. The smallest absolute Gasteiger partial charge is 0.127 e. The first-order valence-electron chi connectivity index (χ1n) is 7.58. The molecule has 0 bridgehead atoms. The van der Waals surface area contributed by atoms with Crippen molar-refractivity contribution in [1.82, 2.24) is 5.32 Å². The summed E-state index contributed by atoms with van der Waals surface area (Å²) in [5.74, 6) is 3.42. The molecule has 1 aromatic rings. The van der Waals surface area contributed by atoms with Gasteiger partial charge in [0.05, 0.1) is 14.2 Å². The number of ether oxygens (including phenoxy) is 2. The van der Waals surface area contributed by atoms with Gasteiger partial charge in [-0.05, 0) is 37.2 Å². The molecule has 1 fully saturated rings. The maximum atomic E-state index is 5.45. The predicted octanol–water partition coefficient (Wildman–Crippen LogP) is 3.62. The minimum absolute atomic E-state index is 0.632. The molecule has 1 aliphatic carbocycles. The second-order valence-corrected chi connectivity index (χ2v) is 6.02. The predicted molar refractivity (Wildman–Crippen MR) is 82.4 cm³/mol. The topological polar surface area (TPSA) is 30.5 Å². The highest BCUT2D eigenvalue weighted by atomic mass is 16.5. The Bertz CT molecular complexity index is 433. The summed E-state index contributed by atoms with van der Waals surface area (Å²) in [6, 6.07) is 6.65. The van der Waals surface area contributed by atoms with E-state index in [9.17, 15) is 0 Å². The van der Waals surface area contributed by atoms with Gasteiger partial charge in [0.2, 0.25) is 0 Å². The maximum Gasteiger partial charge on any atom is 0.127 e. The van der Waals surface area contributed by atoms with E-state index < -0.39 is 0 Å². The lowest BCUT2D eigenvalue weighted by Crippen LogP contribution is -2.35. The lowest BCUT2D eigenvalue weighted by Gasteiger charge is -2.32. The monoisotopic (exact) mass is 277 g/mol. The molecule has 1 saturated carbocycles. The van der Waals surface area contributed by atoms with Crippen molar-refractivity contribution in [2.75, 3.05) is 14.2 Å². The normalized spacial score (nSPS) is 26.3. The highest BCUT2D eigenvalue weighted by molar-refractivity contribution is 5.40. The van der Waals surface area contributed by atoms with Crippen molar-refractivity contribution >= 4 is 0 Å². The van der Waals surface area contributed by atoms with Gasteiger partial charge in [-0.2, -0.15) is 0 Å². The molecule has 1 aromatic carbocycles. The third-order valence-corrected chi connectivity index (χ3v) is 4.67. The Kier molecular flexibility index (Phi) is 5.30. The summed E-state index contributed by atoms with van der Waals surface area (Å²) >= 11 is 0. The Balaban J connectivity index is 1.93. The van der Waals surface area contributed by atoms with Crippen molar-refractivity contribution in [3.05, 3.63) is 23.8 Å². The summed E-state index contributed by atoms with van der Waals surface area (Å²) in [4.78, 5) is 0. The van der Waals surface area contributed by atoms with Gasteiger partial charge in [0.15, 0.2) is 0 Å². The number of hydrogen-bond donors (Lipinski definition) is 1. The van der Waals surface area contributed by atoms with Crippen LogP contribution in [-0.2, 0) is 6.54 Å². The molecule has 0 saturated heterocycles. The van der Waals surface area contributed by atoms with E-state index in [0.717, 1.165) is 29.9 Å². The Hall–Kier alpha value is -1.22. The van der Waals surface area contributed by atoms with Gasteiger partial charge in [-0.1, -0.05) is 19.9 Å². The zero-order valence-corrected chi connectivity index (χ0v) is 13.1. The zero-order chi connectivity index (χ0) is 14.5. The minimum atomic E-state index is 0.632. The molecule has 0 radical (unpaired) electrons. The van der Waals surface area contributed by atoms with Gasteiger partial charge >= 0.3 is 0 Å². The Morgan fingerprint density at radius 2 is 1.90 bits per heavy atom. The molecule has 3 nitrogen and oxygen atoms in total. The maximum absolute atomic E-state index is 5.45. The van der Waals surface area contributed by atoms with Gasteiger partial charge in [0.1, 0.15) is 11.5 Å². The van der Waals surface area contributed by atoms with E-state index in [1.165, 1.54) is 24.8 Å². The van der Waals surface area contributed by atoms with E-state index in [1.807, 2.05) is 12.1 Å². The minimum Gasteiger partial charge on any atom is -0.497 e. The summed E-state index contributed by atoms with van der Waals surface area (Å²) in [5, 5.41) is 3.68. The quantitative estimate of drug-likeness (QED) is 0.891. The van der Waals surface area contributed by atoms with E-state index in [1.54, 1.807) is 14.2 Å². The Morgan fingerprint density at radius 1 is 1.10 bits per heavy atom. The molecule has 0 aromatic heterocycles. The molecule has 3 unspecified atom stereocenters. The van der Waals surface area contributed by atoms with Gasteiger partial charge in [-0.25, -0.2) is 0 Å². The SMILES string of the molecule is COc1ccc(CNC2CCC(C)C(C)C2)c(OC)c1. The zero-order valence-electron chi connectivity index (χ0n) is 13.1. The van der Waals surface area contributed by atoms with Crippen LogP contribution in [0.15, 0.2) is 18.2 Å². The van der Waals surface area contributed by atoms with E-state index in [2.05, 4.69) is 25.2 Å². The molecule has 3 atom stereocenters. The molecular formula is C17H27NO2. The molecule has 112 valence electrons. The first-order chi connectivity index (χ1) is 9.63. The van der Waals surface area contributed by atoms with Crippen molar-refractivity contribution in [2.45, 2.75) is 45.7 Å². The van der Waals surface area contributed by atoms with Crippen LogP contribution in [0.4, 0.5) is 0 Å². The lowest BCUT2D eigenvalue weighted by molar-refractivity contribution is 0.225. The molecule has 20 heavy (non-hydrogen) atoms. The highest BCUT2D eigenvalue weighted by Gasteiger charge is 2.24. The summed E-state index contributed by atoms with van der Waals surface area (Å²) in [5.41, 5.74) is 1.19. The molecule has 1 aliphatic rings. The number of benzene rings is 1. The van der Waals surface area contributed by atoms with E-state index in [4.69, 9.17) is 9.47 Å². The average molecular weight is 277 g/mol. The average Bonchev–Trinajstić information content (AvgIpc) is 2.48. The molecule has 0 aliphatic heterocycles. The van der Waals surface area contributed by atoms with Crippen LogP contribution in [0.3, 0.4) is 0 Å². The van der Waals surface area contributed by atoms with Crippen LogP contribution >= 0.6 is 0 Å². The molecule has 0 amide bonds. The van der Waals surface area contributed by atoms with Crippen LogP contribution in [-0.4, -0.2) is 20.3 Å². The van der Waals surface area contributed by atoms with Crippen molar-refractivity contribution in [1.29, 1.82) is 0 Å². The highest BCUT2D eigenvalue weighted by Crippen LogP contribution is 2.30. The molecule has 3 heteroatoms. The number of hydrogen-bond acceptors (Lipinski definition) is 3. The largest absolute Gasteiger partial charge is 0.497 e. The van der Waals surface area contributed by atoms with Crippen LogP contribution in [0.2, 0.25) is 0 Å². The molecule has 0 spiro atoms. The summed E-state index contributed by atoms with van der Waals surface area (Å²) in [7, 11) is 3.39. The van der Waals surface area contributed by atoms with Gasteiger partial charge in [-0.3, -0.25) is 0 Å². The van der Waals surface area contributed by atoms with Gasteiger partial charge < -0.3 is 14.8 Å². The first-order valence-corrected chi connectivity index (χ1v) is 7.58. The van der Waals surface area contributed by atoms with E-state index >= 15 is 0 Å². The first kappa shape index (κ1) is 15.2. The summed E-state index contributed by atoms with van der Waals surface area (Å²) in [6.07, 6.45) is 3.89. The van der Waals surface area contributed by atoms with Crippen LogP contribution in [0, 0.1) is 11.8 Å². The van der Waals surface area contributed by atoms with E-state index in [0.29, 0.717) is 6.04 Å². The van der Waals surface area contributed by atoms with Gasteiger partial charge in [-0.15, -0.1) is 0 Å².